The van der Waals surface area contributed by atoms with E-state index in [-0.39, 0.29) is 11.8 Å². The van der Waals surface area contributed by atoms with Crippen LogP contribution >= 0.6 is 11.6 Å². The second kappa shape index (κ2) is 7.39. The molecule has 1 aromatic carbocycles. The van der Waals surface area contributed by atoms with Crippen LogP contribution in [0.3, 0.4) is 0 Å². The molecule has 3 aromatic rings. The van der Waals surface area contributed by atoms with Crippen LogP contribution in [0.25, 0.3) is 16.6 Å². The SMILES string of the molecule is CNC(=O)C1CCCN(c2nnc(C)c3c(C)n(-c4ccc(Cl)cc4)nc23)C1. The summed E-state index contributed by atoms with van der Waals surface area (Å²) in [5.41, 5.74) is 3.60. The third-order valence-corrected chi connectivity index (χ3v) is 5.65. The Balaban J connectivity index is 1.80. The first-order chi connectivity index (χ1) is 13.5. The van der Waals surface area contributed by atoms with Crippen molar-refractivity contribution in [2.75, 3.05) is 25.0 Å². The van der Waals surface area contributed by atoms with Crippen LogP contribution in [0.15, 0.2) is 24.3 Å². The number of aromatic nitrogens is 4. The molecule has 0 bridgehead atoms. The molecule has 0 saturated carbocycles. The highest BCUT2D eigenvalue weighted by atomic mass is 35.5. The summed E-state index contributed by atoms with van der Waals surface area (Å²) in [6.07, 6.45) is 1.82. The molecule has 1 aliphatic heterocycles. The number of fused-ring (bicyclic) bond motifs is 1. The van der Waals surface area contributed by atoms with Gasteiger partial charge in [-0.2, -0.15) is 10.2 Å². The summed E-state index contributed by atoms with van der Waals surface area (Å²) < 4.78 is 1.90. The molecular weight excluding hydrogens is 376 g/mol. The number of carbonyl (C=O) groups is 1. The van der Waals surface area contributed by atoms with Crippen molar-refractivity contribution in [3.05, 3.63) is 40.7 Å². The highest BCUT2D eigenvalue weighted by Crippen LogP contribution is 2.31. The van der Waals surface area contributed by atoms with E-state index in [2.05, 4.69) is 20.4 Å². The van der Waals surface area contributed by atoms with Gasteiger partial charge in [-0.3, -0.25) is 4.79 Å². The van der Waals surface area contributed by atoms with Crippen molar-refractivity contribution in [1.82, 2.24) is 25.3 Å². The van der Waals surface area contributed by atoms with Crippen molar-refractivity contribution in [3.8, 4) is 5.69 Å². The number of carbonyl (C=O) groups excluding carboxylic acids is 1. The van der Waals surface area contributed by atoms with Gasteiger partial charge in [0.25, 0.3) is 0 Å². The van der Waals surface area contributed by atoms with E-state index in [1.54, 1.807) is 7.05 Å². The van der Waals surface area contributed by atoms with E-state index in [0.29, 0.717) is 11.6 Å². The number of benzene rings is 1. The molecule has 1 N–H and O–H groups in total. The molecule has 4 rings (SSSR count). The Morgan fingerprint density at radius 2 is 1.96 bits per heavy atom. The maximum atomic E-state index is 12.1. The largest absolute Gasteiger partial charge is 0.359 e. The van der Waals surface area contributed by atoms with E-state index in [4.69, 9.17) is 16.7 Å². The Morgan fingerprint density at radius 3 is 2.68 bits per heavy atom. The summed E-state index contributed by atoms with van der Waals surface area (Å²) in [4.78, 5) is 14.3. The van der Waals surface area contributed by atoms with Crippen LogP contribution in [0.2, 0.25) is 5.02 Å². The molecule has 1 amide bonds. The van der Waals surface area contributed by atoms with Crippen LogP contribution < -0.4 is 10.2 Å². The van der Waals surface area contributed by atoms with Crippen molar-refractivity contribution in [2.24, 2.45) is 5.92 Å². The fourth-order valence-corrected chi connectivity index (χ4v) is 4.07. The molecule has 28 heavy (non-hydrogen) atoms. The quantitative estimate of drug-likeness (QED) is 0.733. The van der Waals surface area contributed by atoms with Gasteiger partial charge in [-0.05, 0) is 51.0 Å². The number of hydrogen-bond acceptors (Lipinski definition) is 5. The van der Waals surface area contributed by atoms with Gasteiger partial charge in [0.15, 0.2) is 5.82 Å². The maximum absolute atomic E-state index is 12.1. The van der Waals surface area contributed by atoms with Gasteiger partial charge in [-0.15, -0.1) is 5.10 Å². The molecule has 0 spiro atoms. The Bertz CT molecular complexity index is 1030. The lowest BCUT2D eigenvalue weighted by molar-refractivity contribution is -0.124. The lowest BCUT2D eigenvalue weighted by Crippen LogP contribution is -2.42. The van der Waals surface area contributed by atoms with Gasteiger partial charge in [0.05, 0.1) is 28.4 Å². The van der Waals surface area contributed by atoms with Crippen LogP contribution in [-0.4, -0.2) is 46.0 Å². The second-order valence-electron chi connectivity index (χ2n) is 7.21. The zero-order valence-corrected chi connectivity index (χ0v) is 17.0. The molecular formula is C20H23ClN6O. The topological polar surface area (TPSA) is 75.9 Å². The molecule has 0 radical (unpaired) electrons. The molecule has 1 atom stereocenters. The van der Waals surface area contributed by atoms with E-state index in [9.17, 15) is 4.79 Å². The van der Waals surface area contributed by atoms with Gasteiger partial charge in [0, 0.05) is 25.2 Å². The van der Waals surface area contributed by atoms with Gasteiger partial charge < -0.3 is 10.2 Å². The number of hydrogen-bond donors (Lipinski definition) is 1. The lowest BCUT2D eigenvalue weighted by atomic mass is 9.97. The summed E-state index contributed by atoms with van der Waals surface area (Å²) in [7, 11) is 1.68. The highest BCUT2D eigenvalue weighted by molar-refractivity contribution is 6.30. The minimum absolute atomic E-state index is 0.0450. The lowest BCUT2D eigenvalue weighted by Gasteiger charge is -2.32. The number of piperidine rings is 1. The predicted molar refractivity (Wildman–Crippen MR) is 110 cm³/mol. The Hall–Kier alpha value is -2.67. The van der Waals surface area contributed by atoms with E-state index in [0.717, 1.165) is 53.2 Å². The van der Waals surface area contributed by atoms with Crippen molar-refractivity contribution < 1.29 is 4.79 Å². The van der Waals surface area contributed by atoms with Crippen LogP contribution in [0.5, 0.6) is 0 Å². The first-order valence-corrected chi connectivity index (χ1v) is 9.82. The number of nitrogens with one attached hydrogen (secondary N) is 1. The standard InChI is InChI=1S/C20H23ClN6O/c1-12-17-13(2)27(16-8-6-15(21)7-9-16)25-18(17)19(24-23-12)26-10-4-5-14(11-26)20(28)22-3/h6-9,14H,4-5,10-11H2,1-3H3,(H,22,28). The predicted octanol–water partition coefficient (Wildman–Crippen LogP) is 3.05. The van der Waals surface area contributed by atoms with Crippen molar-refractivity contribution in [1.29, 1.82) is 0 Å². The number of aryl methyl sites for hydroxylation is 2. The van der Waals surface area contributed by atoms with Crippen molar-refractivity contribution >= 4 is 34.2 Å². The molecule has 2 aromatic heterocycles. The average Bonchev–Trinajstić information content (AvgIpc) is 3.06. The fraction of sp³-hybridized carbons (Fsp3) is 0.400. The Labute approximate surface area is 168 Å². The zero-order chi connectivity index (χ0) is 19.8. The van der Waals surface area contributed by atoms with Gasteiger partial charge >= 0.3 is 0 Å². The van der Waals surface area contributed by atoms with E-state index >= 15 is 0 Å². The van der Waals surface area contributed by atoms with E-state index in [1.807, 2.05) is 42.8 Å². The minimum Gasteiger partial charge on any atom is -0.359 e. The molecule has 8 heteroatoms. The maximum Gasteiger partial charge on any atom is 0.224 e. The monoisotopic (exact) mass is 398 g/mol. The van der Waals surface area contributed by atoms with Gasteiger partial charge in [-0.25, -0.2) is 4.68 Å². The van der Waals surface area contributed by atoms with Crippen molar-refractivity contribution in [2.45, 2.75) is 26.7 Å². The first-order valence-electron chi connectivity index (χ1n) is 9.44. The number of anilines is 1. The molecule has 1 unspecified atom stereocenters. The van der Waals surface area contributed by atoms with Gasteiger partial charge in [0.1, 0.15) is 5.52 Å². The van der Waals surface area contributed by atoms with E-state index < -0.39 is 0 Å². The second-order valence-corrected chi connectivity index (χ2v) is 7.64. The number of nitrogens with zero attached hydrogens (tertiary/aromatic N) is 5. The van der Waals surface area contributed by atoms with E-state index in [1.165, 1.54) is 0 Å². The zero-order valence-electron chi connectivity index (χ0n) is 16.2. The third-order valence-electron chi connectivity index (χ3n) is 5.39. The molecule has 7 nitrogen and oxygen atoms in total. The summed E-state index contributed by atoms with van der Waals surface area (Å²) in [6, 6.07) is 7.59. The highest BCUT2D eigenvalue weighted by Gasteiger charge is 2.28. The third kappa shape index (κ3) is 3.20. The average molecular weight is 399 g/mol. The molecule has 3 heterocycles. The minimum atomic E-state index is -0.0450. The smallest absolute Gasteiger partial charge is 0.224 e. The summed E-state index contributed by atoms with van der Waals surface area (Å²) in [6.45, 7) is 5.45. The van der Waals surface area contributed by atoms with Crippen LogP contribution in [0, 0.1) is 19.8 Å². The molecule has 1 aliphatic rings. The number of rotatable bonds is 3. The van der Waals surface area contributed by atoms with Crippen LogP contribution in [-0.2, 0) is 4.79 Å². The summed E-state index contributed by atoms with van der Waals surface area (Å²) >= 11 is 6.03. The summed E-state index contributed by atoms with van der Waals surface area (Å²) in [5.74, 6) is 0.769. The number of amides is 1. The van der Waals surface area contributed by atoms with Crippen molar-refractivity contribution in [3.63, 3.8) is 0 Å². The Morgan fingerprint density at radius 1 is 1.21 bits per heavy atom. The Kier molecular flexibility index (Phi) is 4.93. The van der Waals surface area contributed by atoms with Gasteiger partial charge in [-0.1, -0.05) is 11.6 Å². The molecule has 0 aliphatic carbocycles. The molecule has 146 valence electrons. The van der Waals surface area contributed by atoms with Crippen LogP contribution in [0.1, 0.15) is 24.2 Å². The molecule has 1 saturated heterocycles. The fourth-order valence-electron chi connectivity index (χ4n) is 3.95. The number of halogens is 1. The first kappa shape index (κ1) is 18.7. The molecule has 1 fully saturated rings. The van der Waals surface area contributed by atoms with Crippen LogP contribution in [0.4, 0.5) is 5.82 Å². The van der Waals surface area contributed by atoms with Gasteiger partial charge in [0.2, 0.25) is 5.91 Å². The summed E-state index contributed by atoms with van der Waals surface area (Å²) in [5, 5.41) is 18.2. The normalized spacial score (nSPS) is 17.1.